The molecule has 0 aromatic carbocycles. The van der Waals surface area contributed by atoms with Crippen LogP contribution in [0.1, 0.15) is 50.4 Å². The Labute approximate surface area is 209 Å². The molecule has 5 rings (SSSR count). The first-order chi connectivity index (χ1) is 17.1. The minimum absolute atomic E-state index is 0.0654. The number of nitrogens with one attached hydrogen (secondary N) is 2. The van der Waals surface area contributed by atoms with Crippen LogP contribution in [0.4, 0.5) is 16.4 Å². The van der Waals surface area contributed by atoms with Gasteiger partial charge in [0.05, 0.1) is 11.6 Å². The number of urea groups is 1. The molecule has 3 amide bonds. The van der Waals surface area contributed by atoms with Gasteiger partial charge in [0.15, 0.2) is 5.82 Å². The quantitative estimate of drug-likeness (QED) is 0.499. The summed E-state index contributed by atoms with van der Waals surface area (Å²) in [5, 5.41) is 23.5. The maximum absolute atomic E-state index is 12.9. The van der Waals surface area contributed by atoms with Gasteiger partial charge in [-0.15, -0.1) is 10.2 Å². The van der Waals surface area contributed by atoms with Gasteiger partial charge in [0.25, 0.3) is 5.91 Å². The topological polar surface area (TPSA) is 138 Å². The third-order valence-electron chi connectivity index (χ3n) is 7.13. The largest absolute Gasteiger partial charge is 0.391 e. The summed E-state index contributed by atoms with van der Waals surface area (Å²) in [4.78, 5) is 36.1. The maximum Gasteiger partial charge on any atom is 0.326 e. The molecule has 0 radical (unpaired) electrons. The standard InChI is InChI=1S/C25H30N8O3/c1-24(2)8-11-32(12-9-24)22(35)16-7-10-26-20(13-16)30-23(36)29-19-6-4-5-17(28-19)21-31-27-15-33(21)25(3)14-18(25)34/h4-7,10,13,15,18,34H,8-9,11-12,14H2,1-3H3,(H2,26,28,29,30,36). The van der Waals surface area contributed by atoms with Gasteiger partial charge in [0, 0.05) is 31.3 Å². The van der Waals surface area contributed by atoms with E-state index in [0.29, 0.717) is 42.4 Å². The molecule has 2 aliphatic rings. The first kappa shape index (κ1) is 23.9. The van der Waals surface area contributed by atoms with Gasteiger partial charge in [-0.1, -0.05) is 19.9 Å². The van der Waals surface area contributed by atoms with Crippen LogP contribution in [0.2, 0.25) is 0 Å². The van der Waals surface area contributed by atoms with E-state index in [1.54, 1.807) is 41.2 Å². The number of carbonyl (C=O) groups is 2. The van der Waals surface area contributed by atoms with Crippen LogP contribution in [0.5, 0.6) is 0 Å². The van der Waals surface area contributed by atoms with Crippen LogP contribution < -0.4 is 10.6 Å². The lowest BCUT2D eigenvalue weighted by atomic mass is 9.82. The molecule has 0 spiro atoms. The molecule has 0 bridgehead atoms. The molecule has 2 unspecified atom stereocenters. The van der Waals surface area contributed by atoms with Crippen LogP contribution in [-0.4, -0.2) is 65.9 Å². The summed E-state index contributed by atoms with van der Waals surface area (Å²) in [6, 6.07) is 7.87. The molecule has 36 heavy (non-hydrogen) atoms. The Bertz CT molecular complexity index is 1300. The number of anilines is 2. The number of aliphatic hydroxyl groups is 1. The van der Waals surface area contributed by atoms with Gasteiger partial charge in [0.2, 0.25) is 0 Å². The van der Waals surface area contributed by atoms with Gasteiger partial charge < -0.3 is 14.6 Å². The van der Waals surface area contributed by atoms with Gasteiger partial charge in [-0.25, -0.2) is 14.8 Å². The second-order valence-electron chi connectivity index (χ2n) is 10.5. The van der Waals surface area contributed by atoms with Crippen molar-refractivity contribution in [2.75, 3.05) is 23.7 Å². The molecule has 1 aliphatic heterocycles. The third kappa shape index (κ3) is 4.78. The minimum atomic E-state index is -0.539. The number of likely N-dealkylation sites (tertiary alicyclic amines) is 1. The van der Waals surface area contributed by atoms with E-state index in [0.717, 1.165) is 12.8 Å². The van der Waals surface area contributed by atoms with Crippen LogP contribution in [0.25, 0.3) is 11.5 Å². The zero-order chi connectivity index (χ0) is 25.5. The lowest BCUT2D eigenvalue weighted by Gasteiger charge is -2.36. The summed E-state index contributed by atoms with van der Waals surface area (Å²) in [5.41, 5.74) is 0.786. The molecular formula is C25H30N8O3. The molecule has 2 fully saturated rings. The molecule has 188 valence electrons. The van der Waals surface area contributed by atoms with Gasteiger partial charge in [-0.3, -0.25) is 15.4 Å². The predicted molar refractivity (Wildman–Crippen MR) is 133 cm³/mol. The molecular weight excluding hydrogens is 460 g/mol. The number of hydrogen-bond donors (Lipinski definition) is 3. The number of carbonyl (C=O) groups excluding carboxylic acids is 2. The van der Waals surface area contributed by atoms with Crippen molar-refractivity contribution < 1.29 is 14.7 Å². The van der Waals surface area contributed by atoms with Crippen LogP contribution in [0.3, 0.4) is 0 Å². The van der Waals surface area contributed by atoms with E-state index in [2.05, 4.69) is 44.6 Å². The highest BCUT2D eigenvalue weighted by molar-refractivity contribution is 6.00. The average Bonchev–Trinajstić information content (AvgIpc) is 3.22. The molecule has 4 heterocycles. The van der Waals surface area contributed by atoms with Crippen LogP contribution in [0.15, 0.2) is 42.9 Å². The van der Waals surface area contributed by atoms with Crippen molar-refractivity contribution in [2.45, 2.75) is 51.7 Å². The molecule has 11 nitrogen and oxygen atoms in total. The summed E-state index contributed by atoms with van der Waals surface area (Å²) in [6.45, 7) is 7.79. The monoisotopic (exact) mass is 490 g/mol. The number of rotatable bonds is 5. The van der Waals surface area contributed by atoms with E-state index in [1.807, 2.05) is 11.8 Å². The van der Waals surface area contributed by atoms with Gasteiger partial charge in [-0.05, 0) is 49.4 Å². The molecule has 11 heteroatoms. The summed E-state index contributed by atoms with van der Waals surface area (Å²) < 4.78 is 1.81. The van der Waals surface area contributed by atoms with Crippen LogP contribution in [0, 0.1) is 5.41 Å². The van der Waals surface area contributed by atoms with E-state index in [-0.39, 0.29) is 17.1 Å². The molecule has 3 aromatic heterocycles. The smallest absolute Gasteiger partial charge is 0.326 e. The molecule has 1 aliphatic carbocycles. The van der Waals surface area contributed by atoms with E-state index >= 15 is 0 Å². The van der Waals surface area contributed by atoms with Crippen molar-refractivity contribution in [3.8, 4) is 11.5 Å². The average molecular weight is 491 g/mol. The Kier molecular flexibility index (Phi) is 5.95. The van der Waals surface area contributed by atoms with Crippen LogP contribution >= 0.6 is 0 Å². The Morgan fingerprint density at radius 1 is 1.08 bits per heavy atom. The second kappa shape index (κ2) is 8.98. The van der Waals surface area contributed by atoms with E-state index in [4.69, 9.17) is 0 Å². The molecule has 3 N–H and O–H groups in total. The van der Waals surface area contributed by atoms with Crippen molar-refractivity contribution in [1.29, 1.82) is 0 Å². The maximum atomic E-state index is 12.9. The minimum Gasteiger partial charge on any atom is -0.391 e. The highest BCUT2D eigenvalue weighted by Crippen LogP contribution is 2.44. The zero-order valence-corrected chi connectivity index (χ0v) is 20.6. The Hall–Kier alpha value is -3.86. The molecule has 3 aromatic rings. The van der Waals surface area contributed by atoms with Crippen molar-refractivity contribution in [3.05, 3.63) is 48.4 Å². The molecule has 2 atom stereocenters. The SMILES string of the molecule is CC1(C)CCN(C(=O)c2ccnc(NC(=O)Nc3cccc(-c4nncn4C4(C)CC4O)n3)c2)CC1. The fourth-order valence-corrected chi connectivity index (χ4v) is 4.40. The highest BCUT2D eigenvalue weighted by Gasteiger charge is 2.52. The number of amides is 3. The predicted octanol–water partition coefficient (Wildman–Crippen LogP) is 3.12. The first-order valence-corrected chi connectivity index (χ1v) is 12.0. The van der Waals surface area contributed by atoms with Gasteiger partial charge in [0.1, 0.15) is 23.7 Å². The molecule has 1 saturated heterocycles. The fourth-order valence-electron chi connectivity index (χ4n) is 4.40. The summed E-state index contributed by atoms with van der Waals surface area (Å²) in [7, 11) is 0. The zero-order valence-electron chi connectivity index (χ0n) is 20.6. The number of aliphatic hydroxyl groups excluding tert-OH is 1. The normalized spacial score (nSPS) is 22.7. The van der Waals surface area contributed by atoms with Gasteiger partial charge >= 0.3 is 6.03 Å². The van der Waals surface area contributed by atoms with Crippen molar-refractivity contribution in [2.24, 2.45) is 5.41 Å². The van der Waals surface area contributed by atoms with E-state index < -0.39 is 17.7 Å². The lowest BCUT2D eigenvalue weighted by molar-refractivity contribution is 0.0630. The second-order valence-corrected chi connectivity index (χ2v) is 10.5. The Morgan fingerprint density at radius 2 is 1.81 bits per heavy atom. The first-order valence-electron chi connectivity index (χ1n) is 12.0. The Morgan fingerprint density at radius 3 is 2.53 bits per heavy atom. The van der Waals surface area contributed by atoms with E-state index in [1.165, 1.54) is 6.20 Å². The molecule has 1 saturated carbocycles. The number of pyridine rings is 2. The number of hydrogen-bond acceptors (Lipinski definition) is 7. The fraction of sp³-hybridized carbons (Fsp3) is 0.440. The Balaban J connectivity index is 1.24. The van der Waals surface area contributed by atoms with Gasteiger partial charge in [-0.2, -0.15) is 0 Å². The van der Waals surface area contributed by atoms with Crippen molar-refractivity contribution in [3.63, 3.8) is 0 Å². The summed E-state index contributed by atoms with van der Waals surface area (Å²) in [6.07, 6.45) is 5.15. The lowest BCUT2D eigenvalue weighted by Crippen LogP contribution is -2.41. The summed E-state index contributed by atoms with van der Waals surface area (Å²) >= 11 is 0. The summed E-state index contributed by atoms with van der Waals surface area (Å²) in [5.74, 6) is 1.02. The number of piperidine rings is 1. The highest BCUT2D eigenvalue weighted by atomic mass is 16.3. The van der Waals surface area contributed by atoms with E-state index in [9.17, 15) is 14.7 Å². The van der Waals surface area contributed by atoms with Crippen molar-refractivity contribution in [1.82, 2.24) is 29.6 Å². The number of nitrogens with zero attached hydrogens (tertiary/aromatic N) is 6. The number of aromatic nitrogens is 5. The van der Waals surface area contributed by atoms with Crippen LogP contribution in [-0.2, 0) is 5.54 Å². The van der Waals surface area contributed by atoms with Crippen molar-refractivity contribution >= 4 is 23.6 Å². The third-order valence-corrected chi connectivity index (χ3v) is 7.13.